The summed E-state index contributed by atoms with van der Waals surface area (Å²) in [7, 11) is 0. The van der Waals surface area contributed by atoms with Crippen molar-refractivity contribution in [1.82, 2.24) is 15.5 Å². The van der Waals surface area contributed by atoms with Crippen molar-refractivity contribution in [3.8, 4) is 11.4 Å². The normalized spacial score (nSPS) is 15.7. The first-order valence-corrected chi connectivity index (χ1v) is 7.11. The molecule has 1 aliphatic heterocycles. The average Bonchev–Trinajstić information content (AvgIpc) is 2.95. The molecule has 2 aromatic rings. The van der Waals surface area contributed by atoms with E-state index in [1.807, 2.05) is 0 Å². The van der Waals surface area contributed by atoms with E-state index in [0.29, 0.717) is 17.3 Å². The number of piperidine rings is 1. The van der Waals surface area contributed by atoms with Crippen molar-refractivity contribution in [2.45, 2.75) is 25.7 Å². The molecule has 0 bridgehead atoms. The molecule has 3 rings (SSSR count). The monoisotopic (exact) mass is 311 g/mol. The van der Waals surface area contributed by atoms with Crippen molar-refractivity contribution in [2.75, 3.05) is 13.1 Å². The van der Waals surface area contributed by atoms with Crippen molar-refractivity contribution in [2.24, 2.45) is 5.92 Å². The highest BCUT2D eigenvalue weighted by atomic mass is 35.5. The van der Waals surface area contributed by atoms with Gasteiger partial charge in [-0.05, 0) is 50.4 Å². The van der Waals surface area contributed by atoms with Crippen molar-refractivity contribution in [3.05, 3.63) is 36.0 Å². The molecule has 1 aromatic carbocycles. The second kappa shape index (κ2) is 7.52. The van der Waals surface area contributed by atoms with E-state index in [4.69, 9.17) is 4.52 Å². The molecule has 0 amide bonds. The number of hydrogen-bond acceptors (Lipinski definition) is 4. The van der Waals surface area contributed by atoms with Gasteiger partial charge in [-0.1, -0.05) is 17.3 Å². The fourth-order valence-electron chi connectivity index (χ4n) is 2.61. The van der Waals surface area contributed by atoms with Gasteiger partial charge in [0.2, 0.25) is 11.7 Å². The molecule has 1 aliphatic rings. The summed E-state index contributed by atoms with van der Waals surface area (Å²) < 4.78 is 18.9. The van der Waals surface area contributed by atoms with E-state index in [1.54, 1.807) is 18.2 Å². The van der Waals surface area contributed by atoms with Crippen LogP contribution in [0.5, 0.6) is 0 Å². The molecule has 0 unspecified atom stereocenters. The van der Waals surface area contributed by atoms with Gasteiger partial charge in [0.25, 0.3) is 0 Å². The predicted molar refractivity (Wildman–Crippen MR) is 80.9 cm³/mol. The van der Waals surface area contributed by atoms with Crippen LogP contribution in [0.3, 0.4) is 0 Å². The minimum atomic E-state index is -0.321. The van der Waals surface area contributed by atoms with Crippen molar-refractivity contribution in [1.29, 1.82) is 0 Å². The Bertz CT molecular complexity index is 570. The minimum absolute atomic E-state index is 0. The predicted octanol–water partition coefficient (Wildman–Crippen LogP) is 3.23. The molecule has 1 N–H and O–H groups in total. The van der Waals surface area contributed by atoms with Crippen LogP contribution in [0.2, 0.25) is 0 Å². The number of benzene rings is 1. The molecule has 0 atom stereocenters. The lowest BCUT2D eigenvalue weighted by molar-refractivity contribution is 0.324. The standard InChI is InChI=1S/C15H18FN3O.ClH/c16-13-4-2-1-3-12(13)15-18-14(20-19-15)6-5-11-7-9-17-10-8-11;/h1-4,11,17H,5-10H2;1H. The highest BCUT2D eigenvalue weighted by molar-refractivity contribution is 5.85. The first kappa shape index (κ1) is 15.9. The maximum atomic E-state index is 13.6. The van der Waals surface area contributed by atoms with Gasteiger partial charge in [0.1, 0.15) is 5.82 Å². The van der Waals surface area contributed by atoms with E-state index in [1.165, 1.54) is 18.9 Å². The van der Waals surface area contributed by atoms with Crippen LogP contribution in [0, 0.1) is 11.7 Å². The highest BCUT2D eigenvalue weighted by Crippen LogP contribution is 2.21. The molecule has 114 valence electrons. The fraction of sp³-hybridized carbons (Fsp3) is 0.467. The average molecular weight is 312 g/mol. The molecule has 6 heteroatoms. The zero-order chi connectivity index (χ0) is 13.8. The van der Waals surface area contributed by atoms with Gasteiger partial charge in [-0.25, -0.2) is 4.39 Å². The lowest BCUT2D eigenvalue weighted by Crippen LogP contribution is -2.27. The molecule has 0 aliphatic carbocycles. The number of hydrogen-bond donors (Lipinski definition) is 1. The van der Waals surface area contributed by atoms with Crippen LogP contribution >= 0.6 is 12.4 Å². The molecule has 0 radical (unpaired) electrons. The van der Waals surface area contributed by atoms with E-state index in [0.717, 1.165) is 31.8 Å². The lowest BCUT2D eigenvalue weighted by Gasteiger charge is -2.21. The molecular weight excluding hydrogens is 293 g/mol. The van der Waals surface area contributed by atoms with Gasteiger partial charge in [0.15, 0.2) is 0 Å². The summed E-state index contributed by atoms with van der Waals surface area (Å²) in [4.78, 5) is 4.29. The molecule has 1 saturated heterocycles. The van der Waals surface area contributed by atoms with Gasteiger partial charge in [-0.3, -0.25) is 0 Å². The van der Waals surface area contributed by atoms with Crippen LogP contribution in [0.1, 0.15) is 25.2 Å². The van der Waals surface area contributed by atoms with E-state index in [9.17, 15) is 4.39 Å². The Balaban J connectivity index is 0.00000161. The first-order chi connectivity index (χ1) is 9.83. The molecule has 21 heavy (non-hydrogen) atoms. The second-order valence-electron chi connectivity index (χ2n) is 5.22. The largest absolute Gasteiger partial charge is 0.339 e. The maximum absolute atomic E-state index is 13.6. The van der Waals surface area contributed by atoms with Gasteiger partial charge >= 0.3 is 0 Å². The van der Waals surface area contributed by atoms with Crippen molar-refractivity contribution < 1.29 is 8.91 Å². The van der Waals surface area contributed by atoms with E-state index >= 15 is 0 Å². The van der Waals surface area contributed by atoms with Gasteiger partial charge in [0, 0.05) is 6.42 Å². The summed E-state index contributed by atoms with van der Waals surface area (Å²) in [6, 6.07) is 6.48. The number of rotatable bonds is 4. The quantitative estimate of drug-likeness (QED) is 0.942. The summed E-state index contributed by atoms with van der Waals surface area (Å²) in [6.45, 7) is 2.18. The van der Waals surface area contributed by atoms with Crippen LogP contribution in [0.4, 0.5) is 4.39 Å². The van der Waals surface area contributed by atoms with Gasteiger partial charge in [-0.15, -0.1) is 12.4 Å². The van der Waals surface area contributed by atoms with Gasteiger partial charge < -0.3 is 9.84 Å². The Morgan fingerprint density at radius 3 is 2.76 bits per heavy atom. The SMILES string of the molecule is Cl.Fc1ccccc1-c1noc(CCC2CCNCC2)n1. The smallest absolute Gasteiger partial charge is 0.226 e. The molecule has 4 nitrogen and oxygen atoms in total. The molecule has 1 fully saturated rings. The Morgan fingerprint density at radius 1 is 1.24 bits per heavy atom. The number of aryl methyl sites for hydroxylation is 1. The molecule has 0 saturated carbocycles. The molecule has 2 heterocycles. The third kappa shape index (κ3) is 4.02. The Labute approximate surface area is 129 Å². The van der Waals surface area contributed by atoms with E-state index in [-0.39, 0.29) is 18.2 Å². The van der Waals surface area contributed by atoms with Crippen LogP contribution in [-0.2, 0) is 6.42 Å². The summed E-state index contributed by atoms with van der Waals surface area (Å²) in [5.41, 5.74) is 0.393. The number of nitrogens with zero attached hydrogens (tertiary/aromatic N) is 2. The van der Waals surface area contributed by atoms with Gasteiger partial charge in [-0.2, -0.15) is 4.98 Å². The Kier molecular flexibility index (Phi) is 5.70. The van der Waals surface area contributed by atoms with Crippen molar-refractivity contribution in [3.63, 3.8) is 0 Å². The third-order valence-corrected chi connectivity index (χ3v) is 3.81. The van der Waals surface area contributed by atoms with Crippen LogP contribution in [0.25, 0.3) is 11.4 Å². The zero-order valence-corrected chi connectivity index (χ0v) is 12.5. The second-order valence-corrected chi connectivity index (χ2v) is 5.22. The topological polar surface area (TPSA) is 51.0 Å². The number of nitrogens with one attached hydrogen (secondary N) is 1. The van der Waals surface area contributed by atoms with Crippen LogP contribution in [-0.4, -0.2) is 23.2 Å². The van der Waals surface area contributed by atoms with E-state index < -0.39 is 0 Å². The molecular formula is C15H19ClFN3O. The summed E-state index contributed by atoms with van der Waals surface area (Å²) >= 11 is 0. The summed E-state index contributed by atoms with van der Waals surface area (Å²) in [5, 5.41) is 7.22. The Hall–Kier alpha value is -1.46. The fourth-order valence-corrected chi connectivity index (χ4v) is 2.61. The van der Waals surface area contributed by atoms with Crippen LogP contribution in [0.15, 0.2) is 28.8 Å². The highest BCUT2D eigenvalue weighted by Gasteiger charge is 2.16. The number of halogens is 2. The Morgan fingerprint density at radius 2 is 2.00 bits per heavy atom. The van der Waals surface area contributed by atoms with Crippen LogP contribution < -0.4 is 5.32 Å². The third-order valence-electron chi connectivity index (χ3n) is 3.81. The maximum Gasteiger partial charge on any atom is 0.226 e. The summed E-state index contributed by atoms with van der Waals surface area (Å²) in [5.74, 6) is 1.34. The first-order valence-electron chi connectivity index (χ1n) is 7.11. The zero-order valence-electron chi connectivity index (χ0n) is 11.7. The molecule has 0 spiro atoms. The minimum Gasteiger partial charge on any atom is -0.339 e. The lowest BCUT2D eigenvalue weighted by atomic mass is 9.93. The van der Waals surface area contributed by atoms with E-state index in [2.05, 4.69) is 15.5 Å². The van der Waals surface area contributed by atoms with Crippen molar-refractivity contribution >= 4 is 12.4 Å². The summed E-state index contributed by atoms with van der Waals surface area (Å²) in [6.07, 6.45) is 4.23. The molecule has 1 aromatic heterocycles. The number of aromatic nitrogens is 2. The van der Waals surface area contributed by atoms with Gasteiger partial charge in [0.05, 0.1) is 5.56 Å².